The summed E-state index contributed by atoms with van der Waals surface area (Å²) in [4.78, 5) is 0. The molecule has 0 unspecified atom stereocenters. The Kier molecular flexibility index (Phi) is 12.5. The van der Waals surface area contributed by atoms with Crippen molar-refractivity contribution < 1.29 is 4.74 Å². The molecule has 2 nitrogen and oxygen atoms in total. The maximum atomic E-state index is 4.98. The van der Waals surface area contributed by atoms with Crippen molar-refractivity contribution in [2.45, 2.75) is 25.7 Å². The van der Waals surface area contributed by atoms with Gasteiger partial charge >= 0.3 is 0 Å². The molecule has 0 radical (unpaired) electrons. The van der Waals surface area contributed by atoms with Crippen LogP contribution in [0.15, 0.2) is 0 Å². The predicted octanol–water partition coefficient (Wildman–Crippen LogP) is 2.15. The fourth-order valence-electron chi connectivity index (χ4n) is 1.14. The summed E-state index contributed by atoms with van der Waals surface area (Å²) in [6.07, 6.45) is 7.21. The lowest BCUT2D eigenvalue weighted by Crippen LogP contribution is -2.17. The highest BCUT2D eigenvalue weighted by Crippen LogP contribution is 1.95. The minimum Gasteiger partial charge on any atom is -0.385 e. The van der Waals surface area contributed by atoms with Crippen LogP contribution in [-0.2, 0) is 4.74 Å². The first kappa shape index (κ1) is 13.3. The van der Waals surface area contributed by atoms with Gasteiger partial charge in [0.1, 0.15) is 0 Å². The number of hydrogen-bond donors (Lipinski definition) is 1. The van der Waals surface area contributed by atoms with Crippen LogP contribution in [0.4, 0.5) is 0 Å². The largest absolute Gasteiger partial charge is 0.385 e. The molecule has 0 aromatic rings. The van der Waals surface area contributed by atoms with E-state index in [1.54, 1.807) is 7.11 Å². The van der Waals surface area contributed by atoms with Crippen LogP contribution in [0.1, 0.15) is 25.7 Å². The summed E-state index contributed by atoms with van der Waals surface area (Å²) in [6, 6.07) is 0. The summed E-state index contributed by atoms with van der Waals surface area (Å²) in [6.45, 7) is 3.25. The van der Waals surface area contributed by atoms with E-state index in [0.29, 0.717) is 0 Å². The predicted molar refractivity (Wildman–Crippen MR) is 61.6 cm³/mol. The van der Waals surface area contributed by atoms with E-state index in [1.807, 2.05) is 11.8 Å². The Morgan fingerprint density at radius 1 is 1.08 bits per heavy atom. The molecule has 1 N–H and O–H groups in total. The Hall–Kier alpha value is 0.270. The van der Waals surface area contributed by atoms with Gasteiger partial charge in [0.25, 0.3) is 0 Å². The minimum atomic E-state index is 0.909. The SMILES string of the molecule is COCCCCCNCCCSC. The number of thioether (sulfide) groups is 1. The van der Waals surface area contributed by atoms with E-state index >= 15 is 0 Å². The van der Waals surface area contributed by atoms with E-state index in [1.165, 1.54) is 38.0 Å². The summed E-state index contributed by atoms with van der Waals surface area (Å²) in [7, 11) is 1.76. The van der Waals surface area contributed by atoms with Gasteiger partial charge in [-0.15, -0.1) is 0 Å². The fourth-order valence-corrected chi connectivity index (χ4v) is 1.57. The average molecular weight is 205 g/mol. The molecule has 0 aromatic heterocycles. The molecule has 0 aliphatic rings. The van der Waals surface area contributed by atoms with E-state index in [0.717, 1.165) is 13.2 Å². The number of unbranched alkanes of at least 4 members (excludes halogenated alkanes) is 2. The second-order valence-corrected chi connectivity index (χ2v) is 4.14. The lowest BCUT2D eigenvalue weighted by molar-refractivity contribution is 0.192. The highest BCUT2D eigenvalue weighted by atomic mass is 32.2. The Morgan fingerprint density at radius 2 is 1.85 bits per heavy atom. The van der Waals surface area contributed by atoms with E-state index in [-0.39, 0.29) is 0 Å². The third-order valence-electron chi connectivity index (χ3n) is 1.90. The van der Waals surface area contributed by atoms with Crippen LogP contribution in [0.2, 0.25) is 0 Å². The van der Waals surface area contributed by atoms with Gasteiger partial charge in [0, 0.05) is 13.7 Å². The van der Waals surface area contributed by atoms with Gasteiger partial charge < -0.3 is 10.1 Å². The summed E-state index contributed by atoms with van der Waals surface area (Å²) >= 11 is 1.92. The maximum Gasteiger partial charge on any atom is 0.0462 e. The average Bonchev–Trinajstić information content (AvgIpc) is 2.16. The van der Waals surface area contributed by atoms with E-state index in [9.17, 15) is 0 Å². The molecule has 0 aliphatic carbocycles. The molecule has 0 saturated carbocycles. The van der Waals surface area contributed by atoms with Crippen LogP contribution in [0.25, 0.3) is 0 Å². The van der Waals surface area contributed by atoms with Crippen molar-refractivity contribution in [1.29, 1.82) is 0 Å². The van der Waals surface area contributed by atoms with E-state index in [2.05, 4.69) is 11.6 Å². The topological polar surface area (TPSA) is 21.3 Å². The lowest BCUT2D eigenvalue weighted by Gasteiger charge is -2.03. The van der Waals surface area contributed by atoms with Crippen molar-refractivity contribution in [3.8, 4) is 0 Å². The van der Waals surface area contributed by atoms with Gasteiger partial charge in [-0.25, -0.2) is 0 Å². The van der Waals surface area contributed by atoms with Crippen LogP contribution in [-0.4, -0.2) is 38.8 Å². The highest BCUT2D eigenvalue weighted by Gasteiger charge is 1.89. The van der Waals surface area contributed by atoms with Gasteiger partial charge in [0.2, 0.25) is 0 Å². The van der Waals surface area contributed by atoms with Gasteiger partial charge in [-0.05, 0) is 50.8 Å². The molecule has 3 heteroatoms. The van der Waals surface area contributed by atoms with Crippen molar-refractivity contribution >= 4 is 11.8 Å². The zero-order chi connectivity index (χ0) is 9.78. The molecule has 0 rings (SSSR count). The third kappa shape index (κ3) is 12.3. The smallest absolute Gasteiger partial charge is 0.0462 e. The fraction of sp³-hybridized carbons (Fsp3) is 1.00. The second-order valence-electron chi connectivity index (χ2n) is 3.15. The van der Waals surface area contributed by atoms with Crippen molar-refractivity contribution in [2.75, 3.05) is 38.8 Å². The molecule has 0 aliphatic heterocycles. The lowest BCUT2D eigenvalue weighted by atomic mass is 10.2. The van der Waals surface area contributed by atoms with Crippen molar-refractivity contribution in [1.82, 2.24) is 5.32 Å². The molecule has 0 amide bonds. The molecule has 0 bridgehead atoms. The highest BCUT2D eigenvalue weighted by molar-refractivity contribution is 7.98. The van der Waals surface area contributed by atoms with Gasteiger partial charge in [-0.1, -0.05) is 0 Å². The Labute approximate surface area is 86.8 Å². The summed E-state index contributed by atoms with van der Waals surface area (Å²) < 4.78 is 4.98. The quantitative estimate of drug-likeness (QED) is 0.552. The summed E-state index contributed by atoms with van der Waals surface area (Å²) in [5.74, 6) is 1.27. The molecule has 0 fully saturated rings. The molecule has 0 spiro atoms. The molecular weight excluding hydrogens is 182 g/mol. The van der Waals surface area contributed by atoms with Crippen LogP contribution < -0.4 is 5.32 Å². The molecule has 80 valence electrons. The Bertz CT molecular complexity index is 81.0. The number of rotatable bonds is 10. The van der Waals surface area contributed by atoms with Gasteiger partial charge in [0.15, 0.2) is 0 Å². The standard InChI is InChI=1S/C10H23NOS/c1-12-9-5-3-4-7-11-8-6-10-13-2/h11H,3-10H2,1-2H3. The molecule has 0 saturated heterocycles. The first-order valence-corrected chi connectivity index (χ1v) is 6.49. The first-order valence-electron chi connectivity index (χ1n) is 5.10. The van der Waals surface area contributed by atoms with Crippen LogP contribution in [0.5, 0.6) is 0 Å². The molecule has 13 heavy (non-hydrogen) atoms. The normalized spacial score (nSPS) is 10.6. The van der Waals surface area contributed by atoms with Gasteiger partial charge in [0.05, 0.1) is 0 Å². The minimum absolute atomic E-state index is 0.909. The zero-order valence-corrected chi connectivity index (χ0v) is 9.79. The Morgan fingerprint density at radius 3 is 2.54 bits per heavy atom. The summed E-state index contributed by atoms with van der Waals surface area (Å²) in [5, 5.41) is 3.44. The number of ether oxygens (including phenoxy) is 1. The van der Waals surface area contributed by atoms with Crippen molar-refractivity contribution in [2.24, 2.45) is 0 Å². The zero-order valence-electron chi connectivity index (χ0n) is 8.97. The molecule has 0 heterocycles. The Balaban J connectivity index is 2.76. The monoisotopic (exact) mass is 205 g/mol. The third-order valence-corrected chi connectivity index (χ3v) is 2.60. The number of nitrogens with one attached hydrogen (secondary N) is 1. The van der Waals surface area contributed by atoms with E-state index in [4.69, 9.17) is 4.74 Å². The number of hydrogen-bond acceptors (Lipinski definition) is 3. The number of methoxy groups -OCH3 is 1. The molecule has 0 atom stereocenters. The van der Waals surface area contributed by atoms with E-state index < -0.39 is 0 Å². The second kappa shape index (κ2) is 12.3. The van der Waals surface area contributed by atoms with Crippen LogP contribution in [0.3, 0.4) is 0 Å². The molecule has 0 aromatic carbocycles. The maximum absolute atomic E-state index is 4.98. The first-order chi connectivity index (χ1) is 6.41. The van der Waals surface area contributed by atoms with Crippen molar-refractivity contribution in [3.05, 3.63) is 0 Å². The van der Waals surface area contributed by atoms with Crippen LogP contribution >= 0.6 is 11.8 Å². The van der Waals surface area contributed by atoms with Crippen LogP contribution in [0, 0.1) is 0 Å². The van der Waals surface area contributed by atoms with Gasteiger partial charge in [-0.2, -0.15) is 11.8 Å². The summed E-state index contributed by atoms with van der Waals surface area (Å²) in [5.41, 5.74) is 0. The van der Waals surface area contributed by atoms with Gasteiger partial charge in [-0.3, -0.25) is 0 Å². The van der Waals surface area contributed by atoms with Crippen molar-refractivity contribution in [3.63, 3.8) is 0 Å². The molecular formula is C10H23NOS.